The van der Waals surface area contributed by atoms with E-state index in [2.05, 4.69) is 21.2 Å². The number of halogens is 1. The van der Waals surface area contributed by atoms with Gasteiger partial charge in [-0.25, -0.2) is 0 Å². The number of hydrogen-bond donors (Lipinski definition) is 1. The maximum Gasteiger partial charge on any atom is 0.266 e. The van der Waals surface area contributed by atoms with E-state index in [1.165, 1.54) is 0 Å². The van der Waals surface area contributed by atoms with E-state index in [1.54, 1.807) is 18.2 Å². The summed E-state index contributed by atoms with van der Waals surface area (Å²) in [6.07, 6.45) is 1.55. The van der Waals surface area contributed by atoms with Gasteiger partial charge in [-0.2, -0.15) is 5.26 Å². The molecule has 0 aliphatic rings. The maximum absolute atomic E-state index is 12.3. The topological polar surface area (TPSA) is 62.1 Å². The van der Waals surface area contributed by atoms with Crippen LogP contribution < -0.4 is 10.1 Å². The van der Waals surface area contributed by atoms with Gasteiger partial charge >= 0.3 is 0 Å². The molecule has 0 heterocycles. The number of amides is 1. The van der Waals surface area contributed by atoms with Crippen LogP contribution in [0.15, 0.2) is 88.9 Å². The molecule has 3 rings (SSSR count). The van der Waals surface area contributed by atoms with Gasteiger partial charge in [-0.15, -0.1) is 0 Å². The Balaban J connectivity index is 1.65. The molecule has 0 saturated carbocycles. The summed E-state index contributed by atoms with van der Waals surface area (Å²) in [5.41, 5.74) is 2.47. The van der Waals surface area contributed by atoms with Crippen molar-refractivity contribution in [1.82, 2.24) is 0 Å². The van der Waals surface area contributed by atoms with Crippen LogP contribution in [-0.4, -0.2) is 5.91 Å². The van der Waals surface area contributed by atoms with Crippen LogP contribution in [0.25, 0.3) is 6.08 Å². The van der Waals surface area contributed by atoms with Gasteiger partial charge in [0.05, 0.1) is 0 Å². The first-order chi connectivity index (χ1) is 13.6. The number of benzene rings is 3. The number of carbonyl (C=O) groups is 1. The average molecular weight is 433 g/mol. The summed E-state index contributed by atoms with van der Waals surface area (Å²) in [4.78, 5) is 12.3. The van der Waals surface area contributed by atoms with E-state index in [0.717, 1.165) is 21.3 Å². The highest BCUT2D eigenvalue weighted by molar-refractivity contribution is 9.10. The lowest BCUT2D eigenvalue weighted by Gasteiger charge is -2.07. The highest BCUT2D eigenvalue weighted by Gasteiger charge is 2.09. The van der Waals surface area contributed by atoms with Gasteiger partial charge in [0.1, 0.15) is 24.0 Å². The van der Waals surface area contributed by atoms with Crippen molar-refractivity contribution in [3.63, 3.8) is 0 Å². The zero-order valence-electron chi connectivity index (χ0n) is 14.9. The molecule has 3 aromatic carbocycles. The van der Waals surface area contributed by atoms with Gasteiger partial charge in [-0.1, -0.05) is 64.5 Å². The van der Waals surface area contributed by atoms with E-state index >= 15 is 0 Å². The van der Waals surface area contributed by atoms with Crippen LogP contribution >= 0.6 is 15.9 Å². The van der Waals surface area contributed by atoms with E-state index in [1.807, 2.05) is 72.8 Å². The third-order valence-electron chi connectivity index (χ3n) is 3.89. The van der Waals surface area contributed by atoms with E-state index in [-0.39, 0.29) is 5.57 Å². The van der Waals surface area contributed by atoms with Gasteiger partial charge in [-0.3, -0.25) is 4.79 Å². The molecule has 0 aliphatic heterocycles. The Kier molecular flexibility index (Phi) is 6.61. The van der Waals surface area contributed by atoms with Gasteiger partial charge < -0.3 is 10.1 Å². The highest BCUT2D eigenvalue weighted by Crippen LogP contribution is 2.18. The fourth-order valence-electron chi connectivity index (χ4n) is 2.48. The van der Waals surface area contributed by atoms with E-state index < -0.39 is 5.91 Å². The number of nitrogens with zero attached hydrogens (tertiary/aromatic N) is 1. The summed E-state index contributed by atoms with van der Waals surface area (Å²) in [6, 6.07) is 26.3. The van der Waals surface area contributed by atoms with Crippen LogP contribution in [0.5, 0.6) is 5.75 Å². The Hall–Kier alpha value is -3.36. The molecule has 1 amide bonds. The first-order valence-corrected chi connectivity index (χ1v) is 9.39. The Bertz CT molecular complexity index is 1020. The van der Waals surface area contributed by atoms with Crippen molar-refractivity contribution >= 4 is 33.6 Å². The molecule has 0 aromatic heterocycles. The molecular formula is C23H17BrN2O2. The van der Waals surface area contributed by atoms with Crippen molar-refractivity contribution in [1.29, 1.82) is 5.26 Å². The molecular weight excluding hydrogens is 416 g/mol. The summed E-state index contributed by atoms with van der Waals surface area (Å²) in [5, 5.41) is 12.1. The average Bonchev–Trinajstić information content (AvgIpc) is 2.72. The molecule has 0 bridgehead atoms. The van der Waals surface area contributed by atoms with Gasteiger partial charge in [-0.05, 0) is 47.5 Å². The largest absolute Gasteiger partial charge is 0.489 e. The highest BCUT2D eigenvalue weighted by atomic mass is 79.9. The monoisotopic (exact) mass is 432 g/mol. The first-order valence-electron chi connectivity index (χ1n) is 8.59. The zero-order valence-corrected chi connectivity index (χ0v) is 16.5. The van der Waals surface area contributed by atoms with Crippen molar-refractivity contribution < 1.29 is 9.53 Å². The smallest absolute Gasteiger partial charge is 0.266 e. The van der Waals surface area contributed by atoms with Gasteiger partial charge in [0, 0.05) is 10.2 Å². The van der Waals surface area contributed by atoms with Crippen molar-refractivity contribution in [2.75, 3.05) is 5.32 Å². The quantitative estimate of drug-likeness (QED) is 0.408. The molecule has 0 radical (unpaired) electrons. The van der Waals surface area contributed by atoms with Crippen LogP contribution in [0.1, 0.15) is 11.1 Å². The van der Waals surface area contributed by atoms with Gasteiger partial charge in [0.25, 0.3) is 5.91 Å². The number of ether oxygens (including phenoxy) is 1. The summed E-state index contributed by atoms with van der Waals surface area (Å²) >= 11 is 3.35. The van der Waals surface area contributed by atoms with Crippen LogP contribution in [0, 0.1) is 11.3 Å². The lowest BCUT2D eigenvalue weighted by Crippen LogP contribution is -2.13. The van der Waals surface area contributed by atoms with E-state index in [9.17, 15) is 10.1 Å². The molecule has 0 spiro atoms. The Morgan fingerprint density at radius 1 is 1.04 bits per heavy atom. The zero-order chi connectivity index (χ0) is 19.8. The molecule has 4 nitrogen and oxygen atoms in total. The van der Waals surface area contributed by atoms with Crippen LogP contribution in [0.3, 0.4) is 0 Å². The van der Waals surface area contributed by atoms with Crippen LogP contribution in [0.2, 0.25) is 0 Å². The number of nitrogens with one attached hydrogen (secondary N) is 1. The van der Waals surface area contributed by atoms with Crippen LogP contribution in [-0.2, 0) is 11.4 Å². The molecule has 0 saturated heterocycles. The molecule has 0 aliphatic carbocycles. The van der Waals surface area contributed by atoms with Crippen molar-refractivity contribution in [2.45, 2.75) is 6.61 Å². The Morgan fingerprint density at radius 2 is 1.79 bits per heavy atom. The minimum absolute atomic E-state index is 0.0259. The lowest BCUT2D eigenvalue weighted by molar-refractivity contribution is -0.112. The summed E-state index contributed by atoms with van der Waals surface area (Å²) < 4.78 is 6.59. The van der Waals surface area contributed by atoms with Gasteiger partial charge in [0.15, 0.2) is 0 Å². The molecule has 28 heavy (non-hydrogen) atoms. The summed E-state index contributed by atoms with van der Waals surface area (Å²) in [6.45, 7) is 0.481. The molecule has 0 atom stereocenters. The number of nitriles is 1. The minimum Gasteiger partial charge on any atom is -0.489 e. The number of rotatable bonds is 6. The minimum atomic E-state index is -0.454. The SMILES string of the molecule is N#C/C(=C/c1ccc(OCc2ccccc2)cc1)C(=O)Nc1cccc(Br)c1. The number of anilines is 1. The predicted molar refractivity (Wildman–Crippen MR) is 114 cm³/mol. The lowest BCUT2D eigenvalue weighted by atomic mass is 10.1. The third kappa shape index (κ3) is 5.57. The Labute approximate surface area is 172 Å². The molecule has 5 heteroatoms. The Morgan fingerprint density at radius 3 is 2.46 bits per heavy atom. The summed E-state index contributed by atoms with van der Waals surface area (Å²) in [7, 11) is 0. The second-order valence-electron chi connectivity index (χ2n) is 5.98. The summed E-state index contributed by atoms with van der Waals surface area (Å²) in [5.74, 6) is 0.267. The number of carbonyl (C=O) groups excluding carboxylic acids is 1. The van der Waals surface area contributed by atoms with Crippen molar-refractivity contribution in [3.05, 3.63) is 100 Å². The molecule has 0 unspecified atom stereocenters. The second kappa shape index (κ2) is 9.54. The second-order valence-corrected chi connectivity index (χ2v) is 6.89. The first kappa shape index (κ1) is 19.4. The molecule has 1 N–H and O–H groups in total. The predicted octanol–water partition coefficient (Wildman–Crippen LogP) is 5.57. The fourth-order valence-corrected chi connectivity index (χ4v) is 2.88. The maximum atomic E-state index is 12.3. The van der Waals surface area contributed by atoms with Crippen LogP contribution in [0.4, 0.5) is 5.69 Å². The fraction of sp³-hybridized carbons (Fsp3) is 0.0435. The van der Waals surface area contributed by atoms with E-state index in [4.69, 9.17) is 4.74 Å². The third-order valence-corrected chi connectivity index (χ3v) is 4.38. The molecule has 0 fully saturated rings. The standard InChI is InChI=1S/C23H17BrN2O2/c24-20-7-4-8-21(14-20)26-23(27)19(15-25)13-17-9-11-22(12-10-17)28-16-18-5-2-1-3-6-18/h1-14H,16H2,(H,26,27)/b19-13-. The normalized spacial score (nSPS) is 10.8. The van der Waals surface area contributed by atoms with Gasteiger partial charge in [0.2, 0.25) is 0 Å². The number of hydrogen-bond acceptors (Lipinski definition) is 3. The van der Waals surface area contributed by atoms with Crippen molar-refractivity contribution in [3.8, 4) is 11.8 Å². The van der Waals surface area contributed by atoms with Crippen molar-refractivity contribution in [2.24, 2.45) is 0 Å². The van der Waals surface area contributed by atoms with E-state index in [0.29, 0.717) is 12.3 Å². The molecule has 138 valence electrons. The molecule has 3 aromatic rings.